The summed E-state index contributed by atoms with van der Waals surface area (Å²) in [6.45, 7) is 3.49. The minimum Gasteiger partial charge on any atom is -0.478 e. The normalized spacial score (nSPS) is 14.8. The van der Waals surface area contributed by atoms with Gasteiger partial charge in [0.15, 0.2) is 0 Å². The van der Waals surface area contributed by atoms with Crippen LogP contribution >= 0.6 is 0 Å². The van der Waals surface area contributed by atoms with E-state index in [-0.39, 0.29) is 5.82 Å². The van der Waals surface area contributed by atoms with Crippen LogP contribution in [0.4, 0.5) is 4.39 Å². The third-order valence-corrected chi connectivity index (χ3v) is 3.26. The van der Waals surface area contributed by atoms with Gasteiger partial charge in [-0.1, -0.05) is 12.1 Å². The van der Waals surface area contributed by atoms with E-state index in [2.05, 4.69) is 5.10 Å². The molecule has 0 saturated heterocycles. The van der Waals surface area contributed by atoms with Crippen LogP contribution < -0.4 is 4.74 Å². The molecule has 1 aliphatic rings. The van der Waals surface area contributed by atoms with Crippen LogP contribution in [-0.2, 0) is 6.54 Å². The summed E-state index contributed by atoms with van der Waals surface area (Å²) < 4.78 is 21.4. The quantitative estimate of drug-likeness (QED) is 0.772. The second kappa shape index (κ2) is 4.44. The van der Waals surface area contributed by atoms with Crippen molar-refractivity contribution in [2.24, 2.45) is 0 Å². The van der Waals surface area contributed by atoms with Gasteiger partial charge in [0, 0.05) is 17.7 Å². The molecule has 0 unspecified atom stereocenters. The van der Waals surface area contributed by atoms with E-state index in [1.54, 1.807) is 12.1 Å². The Kier molecular flexibility index (Phi) is 2.78. The topological polar surface area (TPSA) is 27.1 Å². The lowest BCUT2D eigenvalue weighted by molar-refractivity contribution is 0.301. The predicted octanol–water partition coefficient (Wildman–Crippen LogP) is 3.17. The molecule has 0 fully saturated rings. The molecule has 94 valence electrons. The number of ether oxygens (including phenoxy) is 1. The van der Waals surface area contributed by atoms with E-state index in [1.807, 2.05) is 17.7 Å². The maximum atomic E-state index is 13.8. The fraction of sp³-hybridized carbons (Fsp3) is 0.357. The van der Waals surface area contributed by atoms with Crippen molar-refractivity contribution < 1.29 is 9.13 Å². The van der Waals surface area contributed by atoms with Gasteiger partial charge < -0.3 is 4.74 Å². The molecule has 0 spiro atoms. The maximum Gasteiger partial charge on any atom is 0.215 e. The van der Waals surface area contributed by atoms with E-state index < -0.39 is 0 Å². The monoisotopic (exact) mass is 246 g/mol. The van der Waals surface area contributed by atoms with E-state index in [1.165, 1.54) is 6.07 Å². The summed E-state index contributed by atoms with van der Waals surface area (Å²) in [4.78, 5) is 0. The summed E-state index contributed by atoms with van der Waals surface area (Å²) >= 11 is 0. The average molecular weight is 246 g/mol. The molecule has 0 aliphatic carbocycles. The number of hydrogen-bond donors (Lipinski definition) is 0. The molecule has 3 nitrogen and oxygen atoms in total. The number of halogens is 1. The highest BCUT2D eigenvalue weighted by atomic mass is 19.1. The summed E-state index contributed by atoms with van der Waals surface area (Å²) in [5.41, 5.74) is 2.14. The van der Waals surface area contributed by atoms with Crippen molar-refractivity contribution in [3.63, 3.8) is 0 Å². The van der Waals surface area contributed by atoms with Crippen LogP contribution in [0.25, 0.3) is 11.3 Å². The molecule has 0 atom stereocenters. The summed E-state index contributed by atoms with van der Waals surface area (Å²) in [7, 11) is 0. The fourth-order valence-electron chi connectivity index (χ4n) is 2.31. The molecule has 1 aliphatic heterocycles. The Balaban J connectivity index is 2.12. The van der Waals surface area contributed by atoms with Gasteiger partial charge in [0.2, 0.25) is 5.88 Å². The maximum absolute atomic E-state index is 13.8. The van der Waals surface area contributed by atoms with E-state index in [0.29, 0.717) is 17.9 Å². The predicted molar refractivity (Wildman–Crippen MR) is 67.1 cm³/mol. The average Bonchev–Trinajstić information content (AvgIpc) is 2.56. The molecule has 0 N–H and O–H groups in total. The van der Waals surface area contributed by atoms with Crippen molar-refractivity contribution in [3.8, 4) is 17.1 Å². The van der Waals surface area contributed by atoms with Crippen LogP contribution in [0.15, 0.2) is 24.3 Å². The second-order valence-electron chi connectivity index (χ2n) is 4.54. The van der Waals surface area contributed by atoms with Crippen LogP contribution in [0.2, 0.25) is 0 Å². The Hall–Kier alpha value is -1.84. The number of nitrogens with zero attached hydrogens (tertiary/aromatic N) is 2. The fourth-order valence-corrected chi connectivity index (χ4v) is 2.31. The lowest BCUT2D eigenvalue weighted by atomic mass is 10.1. The van der Waals surface area contributed by atoms with Gasteiger partial charge in [0.1, 0.15) is 11.5 Å². The molecule has 0 radical (unpaired) electrons. The molecule has 0 amide bonds. The SMILES string of the molecule is Cc1c(-c2ccccc2F)nn2c1OCCCC2. The number of aromatic nitrogens is 2. The van der Waals surface area contributed by atoms with Crippen molar-refractivity contribution >= 4 is 0 Å². The highest BCUT2D eigenvalue weighted by Gasteiger charge is 2.20. The Morgan fingerprint density at radius 2 is 2.11 bits per heavy atom. The van der Waals surface area contributed by atoms with Crippen LogP contribution in [0, 0.1) is 12.7 Å². The number of rotatable bonds is 1. The second-order valence-corrected chi connectivity index (χ2v) is 4.54. The minimum atomic E-state index is -0.242. The van der Waals surface area contributed by atoms with Crippen molar-refractivity contribution in [1.29, 1.82) is 0 Å². The summed E-state index contributed by atoms with van der Waals surface area (Å²) in [5.74, 6) is 0.541. The lowest BCUT2D eigenvalue weighted by Crippen LogP contribution is -2.00. The molecule has 1 aromatic heterocycles. The minimum absolute atomic E-state index is 0.242. The Morgan fingerprint density at radius 1 is 1.28 bits per heavy atom. The Labute approximate surface area is 105 Å². The van der Waals surface area contributed by atoms with Crippen LogP contribution in [0.1, 0.15) is 18.4 Å². The Morgan fingerprint density at radius 3 is 2.94 bits per heavy atom. The van der Waals surface area contributed by atoms with Crippen molar-refractivity contribution in [2.45, 2.75) is 26.3 Å². The first kappa shape index (κ1) is 11.3. The summed E-state index contributed by atoms with van der Waals surface area (Å²) in [6, 6.07) is 6.72. The third kappa shape index (κ3) is 1.78. The van der Waals surface area contributed by atoms with E-state index in [0.717, 1.165) is 30.8 Å². The van der Waals surface area contributed by atoms with E-state index in [4.69, 9.17) is 4.74 Å². The standard InChI is InChI=1S/C14H15FN2O/c1-10-13(11-6-2-3-7-12(11)15)16-17-8-4-5-9-18-14(10)17/h2-3,6-7H,4-5,8-9H2,1H3. The van der Waals surface area contributed by atoms with Crippen LogP contribution in [0.5, 0.6) is 5.88 Å². The van der Waals surface area contributed by atoms with Gasteiger partial charge in [-0.25, -0.2) is 9.07 Å². The molecule has 0 saturated carbocycles. The first-order chi connectivity index (χ1) is 8.77. The number of benzene rings is 1. The molecule has 4 heteroatoms. The number of hydrogen-bond acceptors (Lipinski definition) is 2. The van der Waals surface area contributed by atoms with Gasteiger partial charge in [-0.2, -0.15) is 5.10 Å². The zero-order chi connectivity index (χ0) is 12.5. The van der Waals surface area contributed by atoms with Crippen molar-refractivity contribution in [3.05, 3.63) is 35.6 Å². The molecule has 2 heterocycles. The largest absolute Gasteiger partial charge is 0.478 e. The van der Waals surface area contributed by atoms with Crippen LogP contribution in [0.3, 0.4) is 0 Å². The number of fused-ring (bicyclic) bond motifs is 1. The van der Waals surface area contributed by atoms with Gasteiger partial charge in [-0.05, 0) is 31.9 Å². The molecule has 18 heavy (non-hydrogen) atoms. The van der Waals surface area contributed by atoms with E-state index >= 15 is 0 Å². The molecule has 3 rings (SSSR count). The molecule has 0 bridgehead atoms. The molecule has 2 aromatic rings. The van der Waals surface area contributed by atoms with Gasteiger partial charge in [-0.3, -0.25) is 0 Å². The molecule has 1 aromatic carbocycles. The van der Waals surface area contributed by atoms with Gasteiger partial charge in [-0.15, -0.1) is 0 Å². The van der Waals surface area contributed by atoms with Crippen molar-refractivity contribution in [2.75, 3.05) is 6.61 Å². The van der Waals surface area contributed by atoms with Crippen LogP contribution in [-0.4, -0.2) is 16.4 Å². The molecular formula is C14H15FN2O. The lowest BCUT2D eigenvalue weighted by Gasteiger charge is -2.03. The highest BCUT2D eigenvalue weighted by Crippen LogP contribution is 2.32. The smallest absolute Gasteiger partial charge is 0.215 e. The zero-order valence-electron chi connectivity index (χ0n) is 10.3. The zero-order valence-corrected chi connectivity index (χ0v) is 10.3. The number of aryl methyl sites for hydroxylation is 1. The highest BCUT2D eigenvalue weighted by molar-refractivity contribution is 5.65. The third-order valence-electron chi connectivity index (χ3n) is 3.26. The van der Waals surface area contributed by atoms with E-state index in [9.17, 15) is 4.39 Å². The Bertz CT molecular complexity index is 577. The van der Waals surface area contributed by atoms with Gasteiger partial charge in [0.25, 0.3) is 0 Å². The first-order valence-corrected chi connectivity index (χ1v) is 6.22. The van der Waals surface area contributed by atoms with Gasteiger partial charge in [0.05, 0.1) is 6.61 Å². The van der Waals surface area contributed by atoms with Gasteiger partial charge >= 0.3 is 0 Å². The molecular weight excluding hydrogens is 231 g/mol. The summed E-state index contributed by atoms with van der Waals surface area (Å²) in [5, 5.41) is 4.49. The summed E-state index contributed by atoms with van der Waals surface area (Å²) in [6.07, 6.45) is 2.09. The first-order valence-electron chi connectivity index (χ1n) is 6.22. The van der Waals surface area contributed by atoms with Crippen molar-refractivity contribution in [1.82, 2.24) is 9.78 Å².